The van der Waals surface area contributed by atoms with E-state index < -0.39 is 6.09 Å². The second-order valence-electron chi connectivity index (χ2n) is 3.40. The van der Waals surface area contributed by atoms with E-state index in [2.05, 4.69) is 10.3 Å². The largest absolute Gasteiger partial charge is 0.495 e. The van der Waals surface area contributed by atoms with Gasteiger partial charge in [-0.05, 0) is 24.3 Å². The van der Waals surface area contributed by atoms with Gasteiger partial charge in [0.1, 0.15) is 5.75 Å². The molecular weight excluding hydrogens is 232 g/mol. The lowest BCUT2D eigenvalue weighted by molar-refractivity contribution is 0.215. The van der Waals surface area contributed by atoms with Crippen molar-refractivity contribution in [3.8, 4) is 11.5 Å². The molecule has 0 aliphatic carbocycles. The van der Waals surface area contributed by atoms with Crippen molar-refractivity contribution in [2.75, 3.05) is 12.4 Å². The number of rotatable bonds is 3. The molecule has 1 aromatic carbocycles. The number of carbonyl (C=O) groups excluding carboxylic acids is 1. The van der Waals surface area contributed by atoms with Crippen LogP contribution in [0.3, 0.4) is 0 Å². The highest BCUT2D eigenvalue weighted by molar-refractivity contribution is 5.88. The number of para-hydroxylation sites is 2. The molecule has 5 heteroatoms. The highest BCUT2D eigenvalue weighted by atomic mass is 16.6. The third-order valence-electron chi connectivity index (χ3n) is 2.19. The average Bonchev–Trinajstić information content (AvgIpc) is 2.40. The van der Waals surface area contributed by atoms with Gasteiger partial charge in [0.2, 0.25) is 0 Å². The normalized spacial score (nSPS) is 9.61. The number of aromatic nitrogens is 1. The first-order valence-corrected chi connectivity index (χ1v) is 5.31. The van der Waals surface area contributed by atoms with Gasteiger partial charge >= 0.3 is 6.09 Å². The predicted octanol–water partition coefficient (Wildman–Crippen LogP) is 2.70. The van der Waals surface area contributed by atoms with Gasteiger partial charge in [0.15, 0.2) is 5.75 Å². The Labute approximate surface area is 104 Å². The Bertz CT molecular complexity index is 529. The maximum absolute atomic E-state index is 11.6. The lowest BCUT2D eigenvalue weighted by Gasteiger charge is -2.09. The standard InChI is InChI=1S/C13H12N2O3/c1-17-12-7-3-2-6-11(12)15-13(16)18-10-5-4-8-14-9-10/h2-9H,1H3,(H,15,16). The van der Waals surface area contributed by atoms with Crippen molar-refractivity contribution in [1.82, 2.24) is 4.98 Å². The number of nitrogens with one attached hydrogen (secondary N) is 1. The molecule has 0 saturated carbocycles. The van der Waals surface area contributed by atoms with Crippen LogP contribution in [0.5, 0.6) is 11.5 Å². The van der Waals surface area contributed by atoms with Crippen LogP contribution in [0.25, 0.3) is 0 Å². The molecule has 18 heavy (non-hydrogen) atoms. The van der Waals surface area contributed by atoms with Gasteiger partial charge in [-0.1, -0.05) is 12.1 Å². The first-order chi connectivity index (χ1) is 8.79. The zero-order valence-corrected chi connectivity index (χ0v) is 9.79. The van der Waals surface area contributed by atoms with Crippen LogP contribution in [0.15, 0.2) is 48.8 Å². The third-order valence-corrected chi connectivity index (χ3v) is 2.19. The van der Waals surface area contributed by atoms with Crippen molar-refractivity contribution in [2.24, 2.45) is 0 Å². The monoisotopic (exact) mass is 244 g/mol. The molecule has 0 bridgehead atoms. The first-order valence-electron chi connectivity index (χ1n) is 5.31. The highest BCUT2D eigenvalue weighted by Gasteiger charge is 2.08. The summed E-state index contributed by atoms with van der Waals surface area (Å²) < 4.78 is 10.2. The predicted molar refractivity (Wildman–Crippen MR) is 66.9 cm³/mol. The van der Waals surface area contributed by atoms with Crippen LogP contribution in [0.1, 0.15) is 0 Å². The molecule has 0 saturated heterocycles. The zero-order chi connectivity index (χ0) is 12.8. The van der Waals surface area contributed by atoms with Crippen molar-refractivity contribution in [3.05, 3.63) is 48.8 Å². The summed E-state index contributed by atoms with van der Waals surface area (Å²) >= 11 is 0. The van der Waals surface area contributed by atoms with Gasteiger partial charge in [-0.2, -0.15) is 0 Å². The maximum Gasteiger partial charge on any atom is 0.417 e. The van der Waals surface area contributed by atoms with Gasteiger partial charge in [0.05, 0.1) is 19.0 Å². The number of nitrogens with zero attached hydrogens (tertiary/aromatic N) is 1. The number of benzene rings is 1. The molecule has 1 N–H and O–H groups in total. The summed E-state index contributed by atoms with van der Waals surface area (Å²) in [5.74, 6) is 0.950. The lowest BCUT2D eigenvalue weighted by atomic mass is 10.3. The van der Waals surface area contributed by atoms with Crippen LogP contribution in [0.2, 0.25) is 0 Å². The molecule has 5 nitrogen and oxygen atoms in total. The summed E-state index contributed by atoms with van der Waals surface area (Å²) in [5.41, 5.74) is 0.550. The van der Waals surface area contributed by atoms with E-state index >= 15 is 0 Å². The second kappa shape index (κ2) is 5.67. The molecule has 2 aromatic rings. The summed E-state index contributed by atoms with van der Waals surface area (Å²) in [6.07, 6.45) is 2.47. The Morgan fingerprint density at radius 3 is 2.78 bits per heavy atom. The van der Waals surface area contributed by atoms with Gasteiger partial charge < -0.3 is 9.47 Å². The minimum absolute atomic E-state index is 0.380. The molecule has 92 valence electrons. The number of anilines is 1. The van der Waals surface area contributed by atoms with Crippen molar-refractivity contribution in [3.63, 3.8) is 0 Å². The summed E-state index contributed by atoms with van der Waals surface area (Å²) in [6, 6.07) is 10.4. The van der Waals surface area contributed by atoms with E-state index in [0.29, 0.717) is 17.2 Å². The Morgan fingerprint density at radius 2 is 2.06 bits per heavy atom. The summed E-state index contributed by atoms with van der Waals surface area (Å²) in [6.45, 7) is 0. The number of amides is 1. The average molecular weight is 244 g/mol. The summed E-state index contributed by atoms with van der Waals surface area (Å²) in [5, 5.41) is 2.60. The van der Waals surface area contributed by atoms with Gasteiger partial charge in [0, 0.05) is 6.20 Å². The molecule has 2 rings (SSSR count). The van der Waals surface area contributed by atoms with Crippen LogP contribution >= 0.6 is 0 Å². The third kappa shape index (κ3) is 2.98. The quantitative estimate of drug-likeness (QED) is 0.901. The number of ether oxygens (including phenoxy) is 2. The minimum atomic E-state index is -0.590. The van der Waals surface area contributed by atoms with Crippen LogP contribution < -0.4 is 14.8 Å². The van der Waals surface area contributed by atoms with Crippen LogP contribution in [0, 0.1) is 0 Å². The van der Waals surface area contributed by atoms with Crippen LogP contribution in [-0.4, -0.2) is 18.2 Å². The van der Waals surface area contributed by atoms with Crippen molar-refractivity contribution < 1.29 is 14.3 Å². The first kappa shape index (κ1) is 11.9. The van der Waals surface area contributed by atoms with Gasteiger partial charge in [-0.15, -0.1) is 0 Å². The number of hydrogen-bond donors (Lipinski definition) is 1. The van der Waals surface area contributed by atoms with E-state index in [0.717, 1.165) is 0 Å². The molecule has 1 heterocycles. The Morgan fingerprint density at radius 1 is 1.22 bits per heavy atom. The fourth-order valence-corrected chi connectivity index (χ4v) is 1.40. The summed E-state index contributed by atoms with van der Waals surface area (Å²) in [7, 11) is 1.53. The number of carbonyl (C=O) groups is 1. The van der Waals surface area contributed by atoms with E-state index in [1.807, 2.05) is 6.07 Å². The molecule has 0 spiro atoms. The van der Waals surface area contributed by atoms with Crippen molar-refractivity contribution >= 4 is 11.8 Å². The topological polar surface area (TPSA) is 60.5 Å². The number of pyridine rings is 1. The molecule has 1 amide bonds. The van der Waals surface area contributed by atoms with E-state index in [-0.39, 0.29) is 0 Å². The van der Waals surface area contributed by atoms with Gasteiger partial charge in [-0.3, -0.25) is 10.3 Å². The Hall–Kier alpha value is -2.56. The van der Waals surface area contributed by atoms with Crippen molar-refractivity contribution in [1.29, 1.82) is 0 Å². The highest BCUT2D eigenvalue weighted by Crippen LogP contribution is 2.23. The molecule has 0 radical (unpaired) electrons. The fourth-order valence-electron chi connectivity index (χ4n) is 1.40. The summed E-state index contributed by atoms with van der Waals surface area (Å²) in [4.78, 5) is 15.5. The molecule has 0 unspecified atom stereocenters. The van der Waals surface area contributed by atoms with E-state index in [1.54, 1.807) is 36.5 Å². The van der Waals surface area contributed by atoms with Crippen molar-refractivity contribution in [2.45, 2.75) is 0 Å². The van der Waals surface area contributed by atoms with E-state index in [4.69, 9.17) is 9.47 Å². The molecule has 0 fully saturated rings. The zero-order valence-electron chi connectivity index (χ0n) is 9.79. The minimum Gasteiger partial charge on any atom is -0.495 e. The second-order valence-corrected chi connectivity index (χ2v) is 3.40. The molecule has 1 aromatic heterocycles. The van der Waals surface area contributed by atoms with Gasteiger partial charge in [0.25, 0.3) is 0 Å². The Balaban J connectivity index is 2.03. The van der Waals surface area contributed by atoms with Crippen LogP contribution in [-0.2, 0) is 0 Å². The molecule has 0 aliphatic rings. The molecular formula is C13H12N2O3. The number of methoxy groups -OCH3 is 1. The van der Waals surface area contributed by atoms with Gasteiger partial charge in [-0.25, -0.2) is 4.79 Å². The molecule has 0 atom stereocenters. The van der Waals surface area contributed by atoms with E-state index in [9.17, 15) is 4.79 Å². The lowest BCUT2D eigenvalue weighted by Crippen LogP contribution is -2.17. The fraction of sp³-hybridized carbons (Fsp3) is 0.0769. The smallest absolute Gasteiger partial charge is 0.417 e. The van der Waals surface area contributed by atoms with Crippen LogP contribution in [0.4, 0.5) is 10.5 Å². The SMILES string of the molecule is COc1ccccc1NC(=O)Oc1cccnc1. The Kier molecular flexibility index (Phi) is 3.76. The molecule has 0 aliphatic heterocycles. The van der Waals surface area contributed by atoms with E-state index in [1.165, 1.54) is 13.3 Å². The maximum atomic E-state index is 11.6. The number of hydrogen-bond acceptors (Lipinski definition) is 4.